The molecule has 4 atom stereocenters. The molecule has 0 aromatic heterocycles. The van der Waals surface area contributed by atoms with Crippen LogP contribution in [-0.2, 0) is 24.7 Å². The lowest BCUT2D eigenvalue weighted by Gasteiger charge is -2.45. The van der Waals surface area contributed by atoms with E-state index in [1.807, 2.05) is 42.5 Å². The van der Waals surface area contributed by atoms with Crippen molar-refractivity contribution >= 4 is 45.4 Å². The van der Waals surface area contributed by atoms with Crippen LogP contribution in [0.15, 0.2) is 95.9 Å². The Morgan fingerprint density at radius 3 is 1.84 bits per heavy atom. The van der Waals surface area contributed by atoms with Crippen LogP contribution >= 0.6 is 15.9 Å². The van der Waals surface area contributed by atoms with Gasteiger partial charge in [-0.2, -0.15) is 0 Å². The molecule has 0 aliphatic carbocycles. The highest BCUT2D eigenvalue weighted by atomic mass is 79.9. The summed E-state index contributed by atoms with van der Waals surface area (Å²) >= 11 is 3.57. The van der Waals surface area contributed by atoms with E-state index in [2.05, 4.69) is 85.2 Å². The van der Waals surface area contributed by atoms with Crippen LogP contribution in [0.25, 0.3) is 0 Å². The van der Waals surface area contributed by atoms with Crippen molar-refractivity contribution in [1.82, 2.24) is 0 Å². The van der Waals surface area contributed by atoms with Crippen molar-refractivity contribution in [2.75, 3.05) is 26.3 Å². The molecule has 0 bridgehead atoms. The Labute approximate surface area is 239 Å². The smallest absolute Gasteiger partial charge is 0.261 e. The van der Waals surface area contributed by atoms with Crippen LogP contribution < -0.4 is 10.4 Å². The van der Waals surface area contributed by atoms with Crippen molar-refractivity contribution in [1.29, 1.82) is 0 Å². The maximum absolute atomic E-state index is 13.6. The molecule has 0 heterocycles. The molecule has 8 heteroatoms. The third kappa shape index (κ3) is 7.72. The fourth-order valence-corrected chi connectivity index (χ4v) is 11.2. The van der Waals surface area contributed by atoms with Crippen molar-refractivity contribution in [3.05, 3.63) is 91.0 Å². The second kappa shape index (κ2) is 14.7. The van der Waals surface area contributed by atoms with Gasteiger partial charge in [0.25, 0.3) is 8.32 Å². The Bertz CT molecular complexity index is 1070. The first-order chi connectivity index (χ1) is 18.2. The summed E-state index contributed by atoms with van der Waals surface area (Å²) in [4.78, 5) is 0.434. The van der Waals surface area contributed by atoms with Crippen molar-refractivity contribution in [2.24, 2.45) is 0 Å². The molecule has 0 aliphatic heterocycles. The number of hydrogen-bond acceptors (Lipinski definition) is 5. The summed E-state index contributed by atoms with van der Waals surface area (Å²) in [6, 6.07) is 30.3. The van der Waals surface area contributed by atoms with E-state index < -0.39 is 31.3 Å². The van der Waals surface area contributed by atoms with Gasteiger partial charge in [-0.05, 0) is 27.5 Å². The minimum atomic E-state index is -2.92. The second-order valence-electron chi connectivity index (χ2n) is 10.3. The monoisotopic (exact) mass is 618 g/mol. The molecule has 3 aromatic rings. The van der Waals surface area contributed by atoms with Crippen molar-refractivity contribution < 1.29 is 23.2 Å². The van der Waals surface area contributed by atoms with Crippen LogP contribution in [-0.4, -0.2) is 60.9 Å². The topological polar surface area (TPSA) is 65.0 Å². The van der Waals surface area contributed by atoms with Crippen LogP contribution in [0.2, 0.25) is 5.04 Å². The van der Waals surface area contributed by atoms with Gasteiger partial charge in [-0.1, -0.05) is 116 Å². The normalized spacial score (nSPS) is 15.5. The lowest BCUT2D eigenvalue weighted by Crippen LogP contribution is -2.68. The summed E-state index contributed by atoms with van der Waals surface area (Å²) in [6.45, 7) is 6.65. The fraction of sp³-hybridized carbons (Fsp3) is 0.400. The zero-order valence-corrected chi connectivity index (χ0v) is 26.0. The molecule has 38 heavy (non-hydrogen) atoms. The molecule has 5 nitrogen and oxygen atoms in total. The Morgan fingerprint density at radius 2 is 1.39 bits per heavy atom. The van der Waals surface area contributed by atoms with Gasteiger partial charge in [0.15, 0.2) is 0 Å². The number of aliphatic hydroxyl groups excluding tert-OH is 1. The summed E-state index contributed by atoms with van der Waals surface area (Å²) in [5, 5.41) is 12.0. The lowest BCUT2D eigenvalue weighted by molar-refractivity contribution is -0.0843. The van der Waals surface area contributed by atoms with Gasteiger partial charge in [-0.15, -0.1) is 0 Å². The Hall–Kier alpha value is -1.65. The van der Waals surface area contributed by atoms with E-state index >= 15 is 0 Å². The maximum atomic E-state index is 13.6. The number of rotatable bonds is 14. The van der Waals surface area contributed by atoms with Gasteiger partial charge in [0.2, 0.25) is 0 Å². The highest BCUT2D eigenvalue weighted by Crippen LogP contribution is 2.38. The van der Waals surface area contributed by atoms with E-state index in [1.165, 1.54) is 0 Å². The van der Waals surface area contributed by atoms with Crippen molar-refractivity contribution in [2.45, 2.75) is 54.2 Å². The van der Waals surface area contributed by atoms with E-state index in [1.54, 1.807) is 7.11 Å². The van der Waals surface area contributed by atoms with Gasteiger partial charge in [-0.25, -0.2) is 0 Å². The molecule has 0 spiro atoms. The molecular formula is C30H39BrO5SSi. The van der Waals surface area contributed by atoms with Gasteiger partial charge in [0.05, 0.1) is 40.2 Å². The highest BCUT2D eigenvalue weighted by molar-refractivity contribution is 9.09. The number of hydrogen-bond donors (Lipinski definition) is 1. The minimum Gasteiger partial charge on any atom is -0.403 e. The molecule has 1 unspecified atom stereocenters. The number of methoxy groups -OCH3 is 1. The quantitative estimate of drug-likeness (QED) is 0.159. The molecule has 0 radical (unpaired) electrons. The third-order valence-corrected chi connectivity index (χ3v) is 14.0. The molecule has 3 aromatic carbocycles. The number of aliphatic hydroxyl groups is 1. The largest absolute Gasteiger partial charge is 0.403 e. The number of alkyl halides is 1. The average molecular weight is 620 g/mol. The molecule has 0 saturated heterocycles. The molecule has 0 saturated carbocycles. The molecule has 0 aliphatic rings. The zero-order valence-electron chi connectivity index (χ0n) is 22.6. The van der Waals surface area contributed by atoms with Crippen LogP contribution in [0.5, 0.6) is 0 Å². The number of halogens is 1. The van der Waals surface area contributed by atoms with Gasteiger partial charge in [0.1, 0.15) is 6.79 Å². The van der Waals surface area contributed by atoms with Gasteiger partial charge < -0.3 is 19.0 Å². The first-order valence-electron chi connectivity index (χ1n) is 12.8. The minimum absolute atomic E-state index is 0.0838. The van der Waals surface area contributed by atoms with Gasteiger partial charge in [-0.3, -0.25) is 4.21 Å². The zero-order chi connectivity index (χ0) is 27.6. The van der Waals surface area contributed by atoms with Crippen molar-refractivity contribution in [3.63, 3.8) is 0 Å². The van der Waals surface area contributed by atoms with E-state index in [4.69, 9.17) is 13.9 Å². The average Bonchev–Trinajstić information content (AvgIpc) is 2.94. The Kier molecular flexibility index (Phi) is 11.9. The summed E-state index contributed by atoms with van der Waals surface area (Å²) < 4.78 is 32.2. The summed E-state index contributed by atoms with van der Waals surface area (Å²) in [5.41, 5.74) is 0. The molecule has 3 rings (SSSR count). The van der Waals surface area contributed by atoms with E-state index in [9.17, 15) is 9.32 Å². The first kappa shape index (κ1) is 30.9. The van der Waals surface area contributed by atoms with Gasteiger partial charge >= 0.3 is 0 Å². The van der Waals surface area contributed by atoms with Crippen molar-refractivity contribution in [3.8, 4) is 0 Å². The van der Waals surface area contributed by atoms with Crippen LogP contribution in [0, 0.1) is 0 Å². The summed E-state index contributed by atoms with van der Waals surface area (Å²) in [5.74, 6) is 0.298. The van der Waals surface area contributed by atoms with E-state index in [-0.39, 0.29) is 23.3 Å². The van der Waals surface area contributed by atoms with Crippen LogP contribution in [0.1, 0.15) is 27.2 Å². The number of ether oxygens (including phenoxy) is 2. The first-order valence-corrected chi connectivity index (χ1v) is 16.9. The summed E-state index contributed by atoms with van der Waals surface area (Å²) in [6.07, 6.45) is -0.394. The number of benzene rings is 3. The third-order valence-electron chi connectivity index (χ3n) is 6.58. The predicted octanol–water partition coefficient (Wildman–Crippen LogP) is 4.87. The fourth-order valence-electron chi connectivity index (χ4n) is 4.78. The van der Waals surface area contributed by atoms with Crippen LogP contribution in [0.4, 0.5) is 0 Å². The summed E-state index contributed by atoms with van der Waals surface area (Å²) in [7, 11) is -2.65. The van der Waals surface area contributed by atoms with Crippen LogP contribution in [0.3, 0.4) is 0 Å². The molecule has 1 N–H and O–H groups in total. The molecule has 206 valence electrons. The molecule has 0 amide bonds. The second-order valence-corrected chi connectivity index (χ2v) is 17.2. The van der Waals surface area contributed by atoms with Gasteiger partial charge in [0, 0.05) is 18.4 Å². The Morgan fingerprint density at radius 1 is 0.895 bits per heavy atom. The van der Waals surface area contributed by atoms with E-state index in [0.29, 0.717) is 12.2 Å². The maximum Gasteiger partial charge on any atom is 0.261 e. The molecule has 0 fully saturated rings. The molecular weight excluding hydrogens is 580 g/mol. The highest BCUT2D eigenvalue weighted by Gasteiger charge is 2.51. The predicted molar refractivity (Wildman–Crippen MR) is 161 cm³/mol. The standard InChI is InChI=1S/C30H39BrO5SSi/c1-30(2,3)38(26-16-10-6-11-17-26,27-18-12-7-13-19-27)36-24(20-29(28(31)21-32)35-23-34-4)22-37(33)25-14-8-5-9-15-25/h5-19,24,28-29,32H,20-23H2,1-4H3/t24-,28-,29+,37?/m0/s1. The Balaban J connectivity index is 2.12. The lowest BCUT2D eigenvalue weighted by atomic mass is 10.1. The van der Waals surface area contributed by atoms with E-state index in [0.717, 1.165) is 15.3 Å². The SMILES string of the molecule is COCO[C@H](C[C@@H](CS(=O)c1ccccc1)O[Si](c1ccccc1)(c1ccccc1)C(C)(C)C)[C@@H](Br)CO.